The van der Waals surface area contributed by atoms with Crippen molar-refractivity contribution in [3.05, 3.63) is 65.0 Å². The van der Waals surface area contributed by atoms with E-state index in [0.717, 1.165) is 5.56 Å². The Morgan fingerprint density at radius 1 is 1.00 bits per heavy atom. The first kappa shape index (κ1) is 18.6. The number of rotatable bonds is 4. The highest BCUT2D eigenvalue weighted by Crippen LogP contribution is 2.25. The summed E-state index contributed by atoms with van der Waals surface area (Å²) in [6, 6.07) is 13.8. The van der Waals surface area contributed by atoms with Crippen LogP contribution >= 0.6 is 11.6 Å². The summed E-state index contributed by atoms with van der Waals surface area (Å²) >= 11 is 5.80. The molecule has 1 heterocycles. The predicted molar refractivity (Wildman–Crippen MR) is 101 cm³/mol. The summed E-state index contributed by atoms with van der Waals surface area (Å²) in [5.74, 6) is 0.0587. The van der Waals surface area contributed by atoms with E-state index in [9.17, 15) is 8.42 Å². The minimum absolute atomic E-state index is 0.0492. The van der Waals surface area contributed by atoms with Crippen LogP contribution in [-0.4, -0.2) is 18.6 Å². The smallest absolute Gasteiger partial charge is 0.242 e. The van der Waals surface area contributed by atoms with Crippen molar-refractivity contribution in [2.75, 3.05) is 0 Å². The number of benzene rings is 2. The normalized spacial score (nSPS) is 12.3. The van der Waals surface area contributed by atoms with Crippen LogP contribution in [0.4, 0.5) is 0 Å². The van der Waals surface area contributed by atoms with Crippen LogP contribution in [0.5, 0.6) is 0 Å². The molecule has 0 bridgehead atoms. The zero-order chi connectivity index (χ0) is 18.9. The van der Waals surface area contributed by atoms with Gasteiger partial charge in [0.25, 0.3) is 0 Å². The number of hydrogen-bond donors (Lipinski definition) is 0. The molecule has 0 amide bonds. The molecule has 7 heteroatoms. The molecule has 136 valence electrons. The maximum atomic E-state index is 12.4. The average molecular weight is 391 g/mol. The Hall–Kier alpha value is -2.18. The molecule has 0 fully saturated rings. The van der Waals surface area contributed by atoms with Crippen molar-refractivity contribution < 1.29 is 12.9 Å². The third kappa shape index (κ3) is 4.14. The monoisotopic (exact) mass is 390 g/mol. The second-order valence-electron chi connectivity index (χ2n) is 7.05. The van der Waals surface area contributed by atoms with Crippen LogP contribution in [0.15, 0.2) is 57.9 Å². The van der Waals surface area contributed by atoms with Crippen LogP contribution in [0.25, 0.3) is 11.4 Å². The zero-order valence-corrected chi connectivity index (χ0v) is 16.3. The predicted octanol–water partition coefficient (Wildman–Crippen LogP) is 4.66. The molecule has 0 aliphatic heterocycles. The lowest BCUT2D eigenvalue weighted by molar-refractivity contribution is 0.389. The summed E-state index contributed by atoms with van der Waals surface area (Å²) in [6.45, 7) is 6.41. The van der Waals surface area contributed by atoms with Crippen LogP contribution in [0.1, 0.15) is 32.2 Å². The molecule has 0 spiro atoms. The van der Waals surface area contributed by atoms with E-state index in [1.165, 1.54) is 29.8 Å². The van der Waals surface area contributed by atoms with Crippen LogP contribution in [-0.2, 0) is 21.0 Å². The Labute approximate surface area is 157 Å². The minimum atomic E-state index is -3.58. The third-order valence-electron chi connectivity index (χ3n) is 3.96. The molecule has 0 saturated heterocycles. The number of sulfone groups is 1. The summed E-state index contributed by atoms with van der Waals surface area (Å²) in [7, 11) is -3.58. The quantitative estimate of drug-likeness (QED) is 0.647. The third-order valence-corrected chi connectivity index (χ3v) is 5.83. The van der Waals surface area contributed by atoms with Gasteiger partial charge in [-0.05, 0) is 35.2 Å². The highest BCUT2D eigenvalue weighted by atomic mass is 35.5. The molecule has 2 aromatic carbocycles. The fraction of sp³-hybridized carbons (Fsp3) is 0.263. The molecule has 0 radical (unpaired) electrons. The van der Waals surface area contributed by atoms with E-state index in [1.54, 1.807) is 0 Å². The van der Waals surface area contributed by atoms with Crippen LogP contribution in [0, 0.1) is 0 Å². The first-order valence-corrected chi connectivity index (χ1v) is 10.1. The first-order chi connectivity index (χ1) is 12.1. The van der Waals surface area contributed by atoms with Gasteiger partial charge in [0.05, 0.1) is 4.90 Å². The Balaban J connectivity index is 1.80. The summed E-state index contributed by atoms with van der Waals surface area (Å²) in [5, 5.41) is 4.37. The van der Waals surface area contributed by atoms with E-state index in [0.29, 0.717) is 10.8 Å². The summed E-state index contributed by atoms with van der Waals surface area (Å²) in [4.78, 5) is 4.38. The largest absolute Gasteiger partial charge is 0.338 e. The van der Waals surface area contributed by atoms with E-state index in [-0.39, 0.29) is 22.0 Å². The fourth-order valence-corrected chi connectivity index (χ4v) is 3.72. The van der Waals surface area contributed by atoms with Crippen molar-refractivity contribution >= 4 is 21.4 Å². The Morgan fingerprint density at radius 2 is 1.62 bits per heavy atom. The number of aromatic nitrogens is 2. The van der Waals surface area contributed by atoms with Gasteiger partial charge in [0.15, 0.2) is 9.84 Å². The second kappa shape index (κ2) is 6.85. The lowest BCUT2D eigenvalue weighted by Gasteiger charge is -2.18. The zero-order valence-electron chi connectivity index (χ0n) is 14.7. The van der Waals surface area contributed by atoms with Crippen LogP contribution in [0.3, 0.4) is 0 Å². The molecule has 26 heavy (non-hydrogen) atoms. The van der Waals surface area contributed by atoms with E-state index >= 15 is 0 Å². The van der Waals surface area contributed by atoms with Crippen molar-refractivity contribution in [3.63, 3.8) is 0 Å². The molecule has 0 N–H and O–H groups in total. The molecule has 3 aromatic rings. The summed E-state index contributed by atoms with van der Waals surface area (Å²) < 4.78 is 30.0. The van der Waals surface area contributed by atoms with Gasteiger partial charge in [0, 0.05) is 10.6 Å². The lowest BCUT2D eigenvalue weighted by atomic mass is 9.87. The van der Waals surface area contributed by atoms with Gasteiger partial charge in [-0.1, -0.05) is 61.8 Å². The highest BCUT2D eigenvalue weighted by Gasteiger charge is 2.20. The summed E-state index contributed by atoms with van der Waals surface area (Å²) in [6.07, 6.45) is 0. The molecular weight excluding hydrogens is 372 g/mol. The van der Waals surface area contributed by atoms with Gasteiger partial charge in [-0.15, -0.1) is 0 Å². The molecule has 0 unspecified atom stereocenters. The van der Waals surface area contributed by atoms with E-state index in [1.807, 2.05) is 24.3 Å². The van der Waals surface area contributed by atoms with Crippen molar-refractivity contribution in [1.82, 2.24) is 10.1 Å². The first-order valence-electron chi connectivity index (χ1n) is 8.07. The standard InChI is InChI=1S/C19H19ClN2O3S/c1-19(2,3)14-6-4-13(5-7-14)18-21-17(25-22-18)12-26(23,24)16-10-8-15(20)9-11-16/h4-11H,12H2,1-3H3. The molecular formula is C19H19ClN2O3S. The van der Waals surface area contributed by atoms with Gasteiger partial charge in [-0.3, -0.25) is 0 Å². The van der Waals surface area contributed by atoms with Gasteiger partial charge in [-0.2, -0.15) is 4.98 Å². The number of halogens is 1. The molecule has 0 atom stereocenters. The lowest BCUT2D eigenvalue weighted by Crippen LogP contribution is -2.10. The fourth-order valence-electron chi connectivity index (χ4n) is 2.44. The van der Waals surface area contributed by atoms with Gasteiger partial charge >= 0.3 is 0 Å². The molecule has 5 nitrogen and oxygen atoms in total. The molecule has 0 aliphatic carbocycles. The Bertz CT molecular complexity index is 1000. The minimum Gasteiger partial charge on any atom is -0.338 e. The Kier molecular flexibility index (Phi) is 4.90. The molecule has 0 aliphatic rings. The maximum absolute atomic E-state index is 12.4. The van der Waals surface area contributed by atoms with Gasteiger partial charge in [0.2, 0.25) is 11.7 Å². The number of nitrogens with zero attached hydrogens (tertiary/aromatic N) is 2. The van der Waals surface area contributed by atoms with E-state index < -0.39 is 9.84 Å². The van der Waals surface area contributed by atoms with Crippen LogP contribution < -0.4 is 0 Å². The van der Waals surface area contributed by atoms with Gasteiger partial charge in [0.1, 0.15) is 5.75 Å². The topological polar surface area (TPSA) is 73.1 Å². The van der Waals surface area contributed by atoms with Crippen molar-refractivity contribution in [1.29, 1.82) is 0 Å². The van der Waals surface area contributed by atoms with Crippen molar-refractivity contribution in [3.8, 4) is 11.4 Å². The molecule has 3 rings (SSSR count). The summed E-state index contributed by atoms with van der Waals surface area (Å²) in [5.41, 5.74) is 2.01. The SMILES string of the molecule is CC(C)(C)c1ccc(-c2noc(CS(=O)(=O)c3ccc(Cl)cc3)n2)cc1. The Morgan fingerprint density at radius 3 is 2.19 bits per heavy atom. The van der Waals surface area contributed by atoms with E-state index in [4.69, 9.17) is 16.1 Å². The van der Waals surface area contributed by atoms with Gasteiger partial charge < -0.3 is 4.52 Å². The number of hydrogen-bond acceptors (Lipinski definition) is 5. The van der Waals surface area contributed by atoms with E-state index in [2.05, 4.69) is 30.9 Å². The molecule has 0 saturated carbocycles. The van der Waals surface area contributed by atoms with Crippen molar-refractivity contribution in [2.45, 2.75) is 36.8 Å². The second-order valence-corrected chi connectivity index (χ2v) is 9.48. The van der Waals surface area contributed by atoms with Gasteiger partial charge in [-0.25, -0.2) is 8.42 Å². The maximum Gasteiger partial charge on any atom is 0.242 e. The average Bonchev–Trinajstić information content (AvgIpc) is 3.02. The highest BCUT2D eigenvalue weighted by molar-refractivity contribution is 7.90. The van der Waals surface area contributed by atoms with Crippen LogP contribution in [0.2, 0.25) is 5.02 Å². The van der Waals surface area contributed by atoms with Crippen molar-refractivity contribution in [2.24, 2.45) is 0 Å². The molecule has 1 aromatic heterocycles.